The first kappa shape index (κ1) is 22.3. The minimum absolute atomic E-state index is 0.104. The third-order valence-corrected chi connectivity index (χ3v) is 6.75. The van der Waals surface area contributed by atoms with E-state index in [0.717, 1.165) is 4.88 Å². The van der Waals surface area contributed by atoms with Gasteiger partial charge in [-0.15, -0.1) is 11.3 Å². The lowest BCUT2D eigenvalue weighted by Gasteiger charge is -2.41. The van der Waals surface area contributed by atoms with Gasteiger partial charge in [-0.1, -0.05) is 35.9 Å². The highest BCUT2D eigenvalue weighted by atomic mass is 35.5. The molecule has 4 rings (SSSR count). The molecule has 1 aliphatic rings. The lowest BCUT2D eigenvalue weighted by molar-refractivity contribution is -0.119. The van der Waals surface area contributed by atoms with Crippen molar-refractivity contribution >= 4 is 40.4 Å². The van der Waals surface area contributed by atoms with Crippen LogP contribution in [0.15, 0.2) is 60.0 Å². The summed E-state index contributed by atoms with van der Waals surface area (Å²) in [6.45, 7) is 0.753. The summed E-state index contributed by atoms with van der Waals surface area (Å²) in [6.07, 6.45) is 0. The van der Waals surface area contributed by atoms with Crippen molar-refractivity contribution in [3.63, 3.8) is 0 Å². The molecule has 0 bridgehead atoms. The number of halogens is 1. The van der Waals surface area contributed by atoms with E-state index in [1.807, 2.05) is 35.7 Å². The molecule has 0 radical (unpaired) electrons. The predicted molar refractivity (Wildman–Crippen MR) is 126 cm³/mol. The van der Waals surface area contributed by atoms with Crippen LogP contribution in [0.4, 0.5) is 5.69 Å². The van der Waals surface area contributed by atoms with Crippen LogP contribution in [0.25, 0.3) is 0 Å². The number of fused-ring (bicyclic) bond motifs is 1. The monoisotopic (exact) mass is 470 g/mol. The van der Waals surface area contributed by atoms with Crippen LogP contribution in [0.3, 0.4) is 0 Å². The van der Waals surface area contributed by atoms with Gasteiger partial charge in [0.05, 0.1) is 30.7 Å². The zero-order chi connectivity index (χ0) is 22.7. The van der Waals surface area contributed by atoms with Gasteiger partial charge in [-0.25, -0.2) is 0 Å². The average Bonchev–Trinajstić information content (AvgIpc) is 3.33. The Bertz CT molecular complexity index is 1120. The fourth-order valence-electron chi connectivity index (χ4n) is 4.05. The van der Waals surface area contributed by atoms with Crippen LogP contribution >= 0.6 is 22.9 Å². The molecule has 1 N–H and O–H groups in total. The van der Waals surface area contributed by atoms with Gasteiger partial charge in [0.2, 0.25) is 5.91 Å². The number of rotatable bonds is 7. The van der Waals surface area contributed by atoms with Crippen LogP contribution in [-0.4, -0.2) is 44.1 Å². The van der Waals surface area contributed by atoms with Crippen LogP contribution in [0.5, 0.6) is 5.75 Å². The standard InChI is InChI=1S/C24H23ClN2O4S/c1-30-12-11-27-22(20-8-5-13-32-20)21(16-6-3-4-7-17(16)24(27)29)23(28)26-15-9-10-19(31-2)18(25)14-15/h3-10,13-14,21-22H,11-12H2,1-2H3,(H,26,28). The molecule has 2 heterocycles. The van der Waals surface area contributed by atoms with Crippen LogP contribution in [0.2, 0.25) is 5.02 Å². The summed E-state index contributed by atoms with van der Waals surface area (Å²) in [5.41, 5.74) is 1.80. The summed E-state index contributed by atoms with van der Waals surface area (Å²) in [5.74, 6) is -0.389. The Hall–Kier alpha value is -2.87. The van der Waals surface area contributed by atoms with E-state index in [0.29, 0.717) is 40.7 Å². The van der Waals surface area contributed by atoms with Gasteiger partial charge in [-0.2, -0.15) is 0 Å². The fraction of sp³-hybridized carbons (Fsp3) is 0.250. The van der Waals surface area contributed by atoms with Crippen molar-refractivity contribution in [2.75, 3.05) is 32.7 Å². The van der Waals surface area contributed by atoms with Crippen molar-refractivity contribution in [1.82, 2.24) is 4.90 Å². The van der Waals surface area contributed by atoms with E-state index in [9.17, 15) is 9.59 Å². The molecular weight excluding hydrogens is 448 g/mol. The highest BCUT2D eigenvalue weighted by molar-refractivity contribution is 7.10. The molecule has 6 nitrogen and oxygen atoms in total. The first-order valence-electron chi connectivity index (χ1n) is 10.1. The maximum Gasteiger partial charge on any atom is 0.254 e. The molecule has 3 aromatic rings. The van der Waals surface area contributed by atoms with E-state index in [-0.39, 0.29) is 11.8 Å². The topological polar surface area (TPSA) is 67.9 Å². The molecule has 2 unspecified atom stereocenters. The highest BCUT2D eigenvalue weighted by Crippen LogP contribution is 2.44. The van der Waals surface area contributed by atoms with Gasteiger partial charge in [-0.3, -0.25) is 9.59 Å². The van der Waals surface area contributed by atoms with Crippen LogP contribution in [-0.2, 0) is 9.53 Å². The number of hydrogen-bond acceptors (Lipinski definition) is 5. The van der Waals surface area contributed by atoms with Gasteiger partial charge in [0.1, 0.15) is 5.75 Å². The molecule has 0 aliphatic carbocycles. The molecule has 2 aromatic carbocycles. The summed E-state index contributed by atoms with van der Waals surface area (Å²) in [7, 11) is 3.13. The summed E-state index contributed by atoms with van der Waals surface area (Å²) < 4.78 is 10.5. The van der Waals surface area contributed by atoms with Gasteiger partial charge >= 0.3 is 0 Å². The third kappa shape index (κ3) is 4.24. The van der Waals surface area contributed by atoms with Crippen LogP contribution in [0, 0.1) is 0 Å². The van der Waals surface area contributed by atoms with Gasteiger partial charge in [-0.05, 0) is 41.3 Å². The quantitative estimate of drug-likeness (QED) is 0.529. The van der Waals surface area contributed by atoms with E-state index in [4.69, 9.17) is 21.1 Å². The molecule has 8 heteroatoms. The number of nitrogens with one attached hydrogen (secondary N) is 1. The highest BCUT2D eigenvalue weighted by Gasteiger charge is 2.44. The summed E-state index contributed by atoms with van der Waals surface area (Å²) >= 11 is 7.77. The Kier molecular flexibility index (Phi) is 6.79. The zero-order valence-electron chi connectivity index (χ0n) is 17.7. The molecule has 2 atom stereocenters. The maximum absolute atomic E-state index is 13.7. The van der Waals surface area contributed by atoms with Crippen molar-refractivity contribution in [1.29, 1.82) is 0 Å². The average molecular weight is 471 g/mol. The molecular formula is C24H23ClN2O4S. The number of nitrogens with zero attached hydrogens (tertiary/aromatic N) is 1. The third-order valence-electron chi connectivity index (χ3n) is 5.51. The number of benzene rings is 2. The number of amides is 2. The second kappa shape index (κ2) is 9.73. The molecule has 2 amide bonds. The molecule has 0 saturated heterocycles. The molecule has 1 aromatic heterocycles. The fourth-order valence-corrected chi connectivity index (χ4v) is 5.18. The Morgan fingerprint density at radius 2 is 1.97 bits per heavy atom. The molecule has 32 heavy (non-hydrogen) atoms. The Labute approximate surface area is 195 Å². The van der Waals surface area contributed by atoms with Crippen LogP contribution in [0.1, 0.15) is 32.8 Å². The smallest absolute Gasteiger partial charge is 0.254 e. The number of ether oxygens (including phenoxy) is 2. The summed E-state index contributed by atoms with van der Waals surface area (Å²) in [6, 6.07) is 15.8. The van der Waals surface area contributed by atoms with Crippen molar-refractivity contribution in [3.05, 3.63) is 81.0 Å². The molecule has 0 spiro atoms. The molecule has 0 saturated carbocycles. The number of carbonyl (C=O) groups is 2. The molecule has 1 aliphatic heterocycles. The molecule has 166 valence electrons. The van der Waals surface area contributed by atoms with E-state index < -0.39 is 12.0 Å². The van der Waals surface area contributed by atoms with E-state index in [1.54, 1.807) is 36.3 Å². The largest absolute Gasteiger partial charge is 0.495 e. The zero-order valence-corrected chi connectivity index (χ0v) is 19.3. The number of thiophene rings is 1. The van der Waals surface area contributed by atoms with Crippen molar-refractivity contribution in [2.45, 2.75) is 12.0 Å². The second-order valence-electron chi connectivity index (χ2n) is 7.36. The van der Waals surface area contributed by atoms with Gasteiger partial charge in [0.15, 0.2) is 0 Å². The SMILES string of the molecule is COCCN1C(=O)c2ccccc2C(C(=O)Nc2ccc(OC)c(Cl)c2)C1c1cccs1. The predicted octanol–water partition coefficient (Wildman–Crippen LogP) is 4.98. The van der Waals surface area contributed by atoms with Gasteiger partial charge in [0, 0.05) is 29.8 Å². The van der Waals surface area contributed by atoms with Gasteiger partial charge in [0.25, 0.3) is 5.91 Å². The number of hydrogen-bond donors (Lipinski definition) is 1. The van der Waals surface area contributed by atoms with E-state index >= 15 is 0 Å². The van der Waals surface area contributed by atoms with Crippen molar-refractivity contribution < 1.29 is 19.1 Å². The van der Waals surface area contributed by atoms with Crippen molar-refractivity contribution in [2.24, 2.45) is 0 Å². The first-order valence-corrected chi connectivity index (χ1v) is 11.4. The van der Waals surface area contributed by atoms with Gasteiger partial charge < -0.3 is 19.7 Å². The Morgan fingerprint density at radius 1 is 1.16 bits per heavy atom. The summed E-state index contributed by atoms with van der Waals surface area (Å²) in [5, 5.41) is 5.34. The lowest BCUT2D eigenvalue weighted by Crippen LogP contribution is -2.47. The van der Waals surface area contributed by atoms with E-state index in [1.165, 1.54) is 18.4 Å². The minimum Gasteiger partial charge on any atom is -0.495 e. The normalized spacial score (nSPS) is 17.7. The first-order chi connectivity index (χ1) is 15.5. The Morgan fingerprint density at radius 3 is 2.66 bits per heavy atom. The van der Waals surface area contributed by atoms with Crippen LogP contribution < -0.4 is 10.1 Å². The second-order valence-corrected chi connectivity index (χ2v) is 8.74. The lowest BCUT2D eigenvalue weighted by atomic mass is 9.81. The minimum atomic E-state index is -0.597. The number of methoxy groups -OCH3 is 2. The maximum atomic E-state index is 13.7. The van der Waals surface area contributed by atoms with E-state index in [2.05, 4.69) is 5.32 Å². The van der Waals surface area contributed by atoms with Crippen molar-refractivity contribution in [3.8, 4) is 5.75 Å². The Balaban J connectivity index is 1.77. The molecule has 0 fully saturated rings. The summed E-state index contributed by atoms with van der Waals surface area (Å²) in [4.78, 5) is 29.7. The number of carbonyl (C=O) groups excluding carboxylic acids is 2. The number of anilines is 1.